The molecule has 0 nitrogen and oxygen atoms in total. The van der Waals surface area contributed by atoms with Gasteiger partial charge in [-0.2, -0.15) is 0 Å². The Morgan fingerprint density at radius 1 is 0.295 bits per heavy atom. The molecule has 8 aromatic rings. The summed E-state index contributed by atoms with van der Waals surface area (Å²) in [7, 11) is 0. The monoisotopic (exact) mass is 554 g/mol. The Balaban J connectivity index is 1.50. The third-order valence-electron chi connectivity index (χ3n) is 8.30. The molecule has 0 N–H and O–H groups in total. The van der Waals surface area contributed by atoms with Crippen LogP contribution in [0, 0.1) is 23.7 Å². The van der Waals surface area contributed by atoms with Gasteiger partial charge in [-0.3, -0.25) is 0 Å². The molecule has 0 atom stereocenters. The van der Waals surface area contributed by atoms with Crippen molar-refractivity contribution >= 4 is 32.3 Å². The van der Waals surface area contributed by atoms with Crippen LogP contribution >= 0.6 is 0 Å². The number of rotatable bonds is 2. The van der Waals surface area contributed by atoms with E-state index in [1.807, 2.05) is 36.4 Å². The molecule has 0 aliphatic rings. The predicted molar refractivity (Wildman–Crippen MR) is 186 cm³/mol. The van der Waals surface area contributed by atoms with E-state index in [1.165, 1.54) is 43.8 Å². The van der Waals surface area contributed by atoms with Crippen LogP contribution in [0.25, 0.3) is 54.6 Å². The Kier molecular flexibility index (Phi) is 6.38. The summed E-state index contributed by atoms with van der Waals surface area (Å²) in [5.74, 6) is 14.0. The highest BCUT2D eigenvalue weighted by atomic mass is 14.2. The smallest absolute Gasteiger partial charge is 0.0334 e. The normalized spacial score (nSPS) is 10.8. The molecule has 0 unspecified atom stereocenters. The first kappa shape index (κ1) is 25.6. The highest BCUT2D eigenvalue weighted by Crippen LogP contribution is 2.44. The molecular weight excluding hydrogens is 528 g/mol. The third-order valence-corrected chi connectivity index (χ3v) is 8.30. The SMILES string of the molecule is C(#Cc1cc(-c2ccccc2)c2ccc3c(-c4ccccc4)cc(C#Cc4ccccc4)c4ccc1c2c43)c1ccccc1. The van der Waals surface area contributed by atoms with Gasteiger partial charge in [0.1, 0.15) is 0 Å². The van der Waals surface area contributed by atoms with Crippen LogP contribution < -0.4 is 0 Å². The fraction of sp³-hybridized carbons (Fsp3) is 0. The Morgan fingerprint density at radius 2 is 0.636 bits per heavy atom. The maximum atomic E-state index is 3.56. The minimum Gasteiger partial charge on any atom is -0.0622 e. The lowest BCUT2D eigenvalue weighted by Gasteiger charge is -2.19. The molecule has 0 radical (unpaired) electrons. The van der Waals surface area contributed by atoms with Gasteiger partial charge in [-0.05, 0) is 91.0 Å². The zero-order valence-corrected chi connectivity index (χ0v) is 24.0. The van der Waals surface area contributed by atoms with E-state index in [0.717, 1.165) is 33.0 Å². The minimum absolute atomic E-state index is 1.00. The largest absolute Gasteiger partial charge is 0.0622 e. The zero-order chi connectivity index (χ0) is 29.3. The fourth-order valence-corrected chi connectivity index (χ4v) is 6.23. The van der Waals surface area contributed by atoms with Crippen LogP contribution in [0.1, 0.15) is 22.3 Å². The lowest BCUT2D eigenvalue weighted by molar-refractivity contribution is 1.62. The molecule has 0 amide bonds. The molecule has 0 heteroatoms. The van der Waals surface area contributed by atoms with E-state index in [9.17, 15) is 0 Å². The van der Waals surface area contributed by atoms with Crippen LogP contribution in [-0.4, -0.2) is 0 Å². The van der Waals surface area contributed by atoms with Gasteiger partial charge >= 0.3 is 0 Å². The Labute approximate surface area is 257 Å². The van der Waals surface area contributed by atoms with Crippen molar-refractivity contribution in [2.75, 3.05) is 0 Å². The van der Waals surface area contributed by atoms with Crippen molar-refractivity contribution in [2.24, 2.45) is 0 Å². The number of benzene rings is 8. The van der Waals surface area contributed by atoms with E-state index in [-0.39, 0.29) is 0 Å². The molecule has 0 fully saturated rings. The van der Waals surface area contributed by atoms with E-state index in [4.69, 9.17) is 0 Å². The average Bonchev–Trinajstić information content (AvgIpc) is 3.10. The summed E-state index contributed by atoms with van der Waals surface area (Å²) in [6.07, 6.45) is 0. The van der Waals surface area contributed by atoms with Crippen LogP contribution in [0.4, 0.5) is 0 Å². The summed E-state index contributed by atoms with van der Waals surface area (Å²) in [6, 6.07) is 55.3. The van der Waals surface area contributed by atoms with Crippen molar-refractivity contribution in [3.63, 3.8) is 0 Å². The van der Waals surface area contributed by atoms with E-state index in [1.54, 1.807) is 0 Å². The Morgan fingerprint density at radius 3 is 1.02 bits per heavy atom. The molecule has 0 saturated heterocycles. The van der Waals surface area contributed by atoms with Crippen molar-refractivity contribution < 1.29 is 0 Å². The molecule has 44 heavy (non-hydrogen) atoms. The van der Waals surface area contributed by atoms with Gasteiger partial charge < -0.3 is 0 Å². The van der Waals surface area contributed by atoms with Crippen molar-refractivity contribution in [1.82, 2.24) is 0 Å². The van der Waals surface area contributed by atoms with Gasteiger partial charge in [0.05, 0.1) is 0 Å². The van der Waals surface area contributed by atoms with Crippen LogP contribution in [0.3, 0.4) is 0 Å². The Bertz CT molecular complexity index is 2220. The lowest BCUT2D eigenvalue weighted by atomic mass is 9.84. The first-order chi connectivity index (χ1) is 21.8. The summed E-state index contributed by atoms with van der Waals surface area (Å²) in [4.78, 5) is 0. The molecule has 8 rings (SSSR count). The molecule has 0 spiro atoms. The summed E-state index contributed by atoms with van der Waals surface area (Å²) >= 11 is 0. The predicted octanol–water partition coefficient (Wildman–Crippen LogP) is 10.7. The third kappa shape index (κ3) is 4.57. The molecule has 0 saturated carbocycles. The van der Waals surface area contributed by atoms with Crippen LogP contribution in [0.5, 0.6) is 0 Å². The van der Waals surface area contributed by atoms with E-state index in [0.29, 0.717) is 0 Å². The van der Waals surface area contributed by atoms with Crippen molar-refractivity contribution in [1.29, 1.82) is 0 Å². The summed E-state index contributed by atoms with van der Waals surface area (Å²) in [6.45, 7) is 0. The molecule has 0 aliphatic carbocycles. The van der Waals surface area contributed by atoms with Gasteiger partial charge in [-0.15, -0.1) is 0 Å². The minimum atomic E-state index is 1.00. The van der Waals surface area contributed by atoms with E-state index < -0.39 is 0 Å². The quantitative estimate of drug-likeness (QED) is 0.147. The maximum absolute atomic E-state index is 3.56. The fourth-order valence-electron chi connectivity index (χ4n) is 6.23. The van der Waals surface area contributed by atoms with Gasteiger partial charge in [0.15, 0.2) is 0 Å². The second-order valence-electron chi connectivity index (χ2n) is 11.0. The van der Waals surface area contributed by atoms with Crippen molar-refractivity contribution in [3.05, 3.63) is 180 Å². The van der Waals surface area contributed by atoms with Gasteiger partial charge in [0.2, 0.25) is 0 Å². The summed E-state index contributed by atoms with van der Waals surface area (Å²) < 4.78 is 0. The molecular formula is C44H26. The summed E-state index contributed by atoms with van der Waals surface area (Å²) in [5.41, 5.74) is 8.79. The highest BCUT2D eigenvalue weighted by molar-refractivity contribution is 6.29. The lowest BCUT2D eigenvalue weighted by Crippen LogP contribution is -1.94. The number of hydrogen-bond donors (Lipinski definition) is 0. The van der Waals surface area contributed by atoms with Crippen molar-refractivity contribution in [2.45, 2.75) is 0 Å². The topological polar surface area (TPSA) is 0 Å². The molecule has 0 bridgehead atoms. The second-order valence-corrected chi connectivity index (χ2v) is 11.0. The zero-order valence-electron chi connectivity index (χ0n) is 24.0. The summed E-state index contributed by atoms with van der Waals surface area (Å²) in [5, 5.41) is 7.24. The average molecular weight is 555 g/mol. The number of hydrogen-bond acceptors (Lipinski definition) is 0. The first-order valence-corrected chi connectivity index (χ1v) is 14.9. The van der Waals surface area contributed by atoms with Gasteiger partial charge in [0.25, 0.3) is 0 Å². The molecule has 8 aromatic carbocycles. The molecule has 0 aromatic heterocycles. The van der Waals surface area contributed by atoms with Crippen LogP contribution in [-0.2, 0) is 0 Å². The van der Waals surface area contributed by atoms with E-state index in [2.05, 4.69) is 145 Å². The highest BCUT2D eigenvalue weighted by Gasteiger charge is 2.19. The van der Waals surface area contributed by atoms with Crippen LogP contribution in [0.2, 0.25) is 0 Å². The Hall–Kier alpha value is -6.08. The molecule has 0 aliphatic heterocycles. The maximum Gasteiger partial charge on any atom is 0.0334 e. The first-order valence-electron chi connectivity index (χ1n) is 14.9. The molecule has 202 valence electrons. The standard InChI is InChI=1S/C44H26/c1-5-13-31(14-6-1)21-23-35-29-41(33-17-9-3-10-18-33)39-27-28-40-42(34-19-11-4-12-20-34)30-36(24-22-32-15-7-2-8-16-32)38-26-25-37(35)43(39)44(38)40/h1-20,25-30H. The van der Waals surface area contributed by atoms with Gasteiger partial charge in [0, 0.05) is 22.3 Å². The van der Waals surface area contributed by atoms with Gasteiger partial charge in [-0.1, -0.05) is 145 Å². The van der Waals surface area contributed by atoms with Gasteiger partial charge in [-0.25, -0.2) is 0 Å². The van der Waals surface area contributed by atoms with E-state index >= 15 is 0 Å². The molecule has 0 heterocycles. The van der Waals surface area contributed by atoms with Crippen molar-refractivity contribution in [3.8, 4) is 45.9 Å². The second kappa shape index (κ2) is 11.0. The van der Waals surface area contributed by atoms with Crippen LogP contribution in [0.15, 0.2) is 158 Å².